The molecule has 0 heterocycles. The maximum absolute atomic E-state index is 13.9. The Morgan fingerprint density at radius 3 is 2.60 bits per heavy atom. The number of ether oxygens (including phenoxy) is 1. The minimum atomic E-state index is -3.25. The number of hydrogen-bond acceptors (Lipinski definition) is 2. The molecule has 110 valence electrons. The van der Waals surface area contributed by atoms with Crippen LogP contribution in [-0.4, -0.2) is 17.2 Å². The zero-order valence-electron chi connectivity index (χ0n) is 11.1. The normalized spacial score (nSPS) is 12.8. The average molecular weight is 288 g/mol. The molecule has 1 N–H and O–H groups in total. The number of halogens is 3. The molecule has 1 rings (SSSR count). The highest BCUT2D eigenvalue weighted by molar-refractivity contribution is 5.72. The van der Waals surface area contributed by atoms with E-state index in [1.54, 1.807) is 0 Å². The van der Waals surface area contributed by atoms with Crippen molar-refractivity contribution in [3.8, 4) is 5.75 Å². The van der Waals surface area contributed by atoms with Crippen molar-refractivity contribution in [3.05, 3.63) is 35.7 Å². The standard InChI is InChI=1S/C14H15F3O3/c1-4-9-6-10(14(16,17)5-2)12(7-11(9)15)20-8(3)13(18)19/h4,6-8H,1,5H2,2-3H3,(H,18,19). The third-order valence-electron chi connectivity index (χ3n) is 2.81. The van der Waals surface area contributed by atoms with E-state index < -0.39 is 41.5 Å². The fourth-order valence-corrected chi connectivity index (χ4v) is 1.54. The van der Waals surface area contributed by atoms with Crippen molar-refractivity contribution in [3.63, 3.8) is 0 Å². The lowest BCUT2D eigenvalue weighted by Gasteiger charge is -2.21. The highest BCUT2D eigenvalue weighted by Crippen LogP contribution is 2.39. The first-order valence-electron chi connectivity index (χ1n) is 5.96. The van der Waals surface area contributed by atoms with Crippen LogP contribution in [0.1, 0.15) is 31.4 Å². The van der Waals surface area contributed by atoms with E-state index in [1.807, 2.05) is 0 Å². The molecule has 6 heteroatoms. The van der Waals surface area contributed by atoms with Crippen LogP contribution >= 0.6 is 0 Å². The summed E-state index contributed by atoms with van der Waals surface area (Å²) in [6.07, 6.45) is -0.780. The van der Waals surface area contributed by atoms with Gasteiger partial charge in [-0.15, -0.1) is 0 Å². The van der Waals surface area contributed by atoms with Gasteiger partial charge in [-0.1, -0.05) is 19.6 Å². The lowest BCUT2D eigenvalue weighted by atomic mass is 10.0. The van der Waals surface area contributed by atoms with Gasteiger partial charge in [0.05, 0.1) is 5.56 Å². The molecule has 0 amide bonds. The molecule has 0 aliphatic carbocycles. The number of rotatable bonds is 6. The molecule has 0 aromatic heterocycles. The van der Waals surface area contributed by atoms with Crippen LogP contribution in [0.25, 0.3) is 6.08 Å². The molecule has 0 fully saturated rings. The molecule has 3 nitrogen and oxygen atoms in total. The number of carboxylic acid groups (broad SMARTS) is 1. The van der Waals surface area contributed by atoms with E-state index in [-0.39, 0.29) is 5.56 Å². The fourth-order valence-electron chi connectivity index (χ4n) is 1.54. The number of hydrogen-bond donors (Lipinski definition) is 1. The van der Waals surface area contributed by atoms with Crippen molar-refractivity contribution in [1.29, 1.82) is 0 Å². The van der Waals surface area contributed by atoms with Gasteiger partial charge in [0.25, 0.3) is 5.92 Å². The molecule has 1 atom stereocenters. The minimum absolute atomic E-state index is 0.0940. The van der Waals surface area contributed by atoms with Crippen molar-refractivity contribution < 1.29 is 27.8 Å². The van der Waals surface area contributed by atoms with Gasteiger partial charge < -0.3 is 9.84 Å². The molecule has 0 spiro atoms. The number of benzene rings is 1. The highest BCUT2D eigenvalue weighted by Gasteiger charge is 2.34. The summed E-state index contributed by atoms with van der Waals surface area (Å²) in [6.45, 7) is 5.78. The summed E-state index contributed by atoms with van der Waals surface area (Å²) < 4.78 is 46.3. The van der Waals surface area contributed by atoms with Gasteiger partial charge in [-0.25, -0.2) is 18.0 Å². The van der Waals surface area contributed by atoms with E-state index in [0.717, 1.165) is 18.2 Å². The van der Waals surface area contributed by atoms with Gasteiger partial charge in [0.15, 0.2) is 6.10 Å². The van der Waals surface area contributed by atoms with Crippen LogP contribution in [0.5, 0.6) is 5.75 Å². The zero-order valence-corrected chi connectivity index (χ0v) is 11.1. The molecule has 0 aliphatic heterocycles. The first kappa shape index (κ1) is 16.1. The molecule has 1 aromatic rings. The summed E-state index contributed by atoms with van der Waals surface area (Å²) >= 11 is 0. The summed E-state index contributed by atoms with van der Waals surface area (Å²) in [5, 5.41) is 8.74. The van der Waals surface area contributed by atoms with Crippen LogP contribution in [0.4, 0.5) is 13.2 Å². The second-order valence-electron chi connectivity index (χ2n) is 4.23. The predicted octanol–water partition coefficient (Wildman–Crippen LogP) is 3.82. The van der Waals surface area contributed by atoms with Crippen molar-refractivity contribution in [2.45, 2.75) is 32.3 Å². The van der Waals surface area contributed by atoms with Gasteiger partial charge in [-0.3, -0.25) is 0 Å². The monoisotopic (exact) mass is 288 g/mol. The number of aliphatic carboxylic acids is 1. The Morgan fingerprint density at radius 1 is 1.55 bits per heavy atom. The average Bonchev–Trinajstić information content (AvgIpc) is 2.38. The van der Waals surface area contributed by atoms with Crippen molar-refractivity contribution >= 4 is 12.0 Å². The lowest BCUT2D eigenvalue weighted by molar-refractivity contribution is -0.144. The third-order valence-corrected chi connectivity index (χ3v) is 2.81. The third kappa shape index (κ3) is 3.31. The van der Waals surface area contributed by atoms with E-state index in [1.165, 1.54) is 13.8 Å². The Bertz CT molecular complexity index is 527. The van der Waals surface area contributed by atoms with Gasteiger partial charge in [0.1, 0.15) is 11.6 Å². The summed E-state index contributed by atoms with van der Waals surface area (Å²) in [6, 6.07) is 1.69. The fraction of sp³-hybridized carbons (Fsp3) is 0.357. The second-order valence-corrected chi connectivity index (χ2v) is 4.23. The molecular weight excluding hydrogens is 273 g/mol. The molecule has 0 bridgehead atoms. The predicted molar refractivity (Wildman–Crippen MR) is 68.4 cm³/mol. The maximum atomic E-state index is 13.9. The smallest absolute Gasteiger partial charge is 0.344 e. The summed E-state index contributed by atoms with van der Waals surface area (Å²) in [7, 11) is 0. The van der Waals surface area contributed by atoms with Crippen molar-refractivity contribution in [2.75, 3.05) is 0 Å². The summed E-state index contributed by atoms with van der Waals surface area (Å²) in [4.78, 5) is 10.7. The Kier molecular flexibility index (Phi) is 4.81. The molecule has 0 saturated heterocycles. The molecular formula is C14H15F3O3. The molecule has 1 aromatic carbocycles. The quantitative estimate of drug-likeness (QED) is 0.865. The second kappa shape index (κ2) is 5.98. The van der Waals surface area contributed by atoms with E-state index in [2.05, 4.69) is 6.58 Å². The number of carbonyl (C=O) groups is 1. The number of alkyl halides is 2. The minimum Gasteiger partial charge on any atom is -0.479 e. The molecule has 20 heavy (non-hydrogen) atoms. The SMILES string of the molecule is C=Cc1cc(C(F)(F)CC)c(OC(C)C(=O)O)cc1F. The molecule has 0 aliphatic rings. The zero-order chi connectivity index (χ0) is 15.5. The van der Waals surface area contributed by atoms with Gasteiger partial charge in [0, 0.05) is 18.1 Å². The van der Waals surface area contributed by atoms with Crippen LogP contribution in [0.15, 0.2) is 18.7 Å². The van der Waals surface area contributed by atoms with Crippen LogP contribution in [0, 0.1) is 5.82 Å². The largest absolute Gasteiger partial charge is 0.479 e. The van der Waals surface area contributed by atoms with E-state index >= 15 is 0 Å². The van der Waals surface area contributed by atoms with E-state index in [4.69, 9.17) is 9.84 Å². The van der Waals surface area contributed by atoms with Gasteiger partial charge in [-0.05, 0) is 13.0 Å². The van der Waals surface area contributed by atoms with Crippen LogP contribution < -0.4 is 4.74 Å². The summed E-state index contributed by atoms with van der Waals surface area (Å²) in [5.74, 6) is -5.86. The lowest BCUT2D eigenvalue weighted by Crippen LogP contribution is -2.25. The molecule has 1 unspecified atom stereocenters. The van der Waals surface area contributed by atoms with E-state index in [9.17, 15) is 18.0 Å². The Balaban J connectivity index is 3.37. The van der Waals surface area contributed by atoms with Crippen molar-refractivity contribution in [1.82, 2.24) is 0 Å². The van der Waals surface area contributed by atoms with Crippen molar-refractivity contribution in [2.24, 2.45) is 0 Å². The van der Waals surface area contributed by atoms with Gasteiger partial charge in [-0.2, -0.15) is 0 Å². The van der Waals surface area contributed by atoms with E-state index in [0.29, 0.717) is 0 Å². The van der Waals surface area contributed by atoms with Crippen LogP contribution in [0.2, 0.25) is 0 Å². The number of carboxylic acids is 1. The van der Waals surface area contributed by atoms with Gasteiger partial charge >= 0.3 is 5.97 Å². The molecule has 0 saturated carbocycles. The first-order valence-corrected chi connectivity index (χ1v) is 5.96. The first-order chi connectivity index (χ1) is 9.22. The topological polar surface area (TPSA) is 46.5 Å². The Labute approximate surface area is 114 Å². The highest BCUT2D eigenvalue weighted by atomic mass is 19.3. The Morgan fingerprint density at radius 2 is 2.15 bits per heavy atom. The van der Waals surface area contributed by atoms with Gasteiger partial charge in [0.2, 0.25) is 0 Å². The Hall–Kier alpha value is -1.98. The molecule has 0 radical (unpaired) electrons. The van der Waals surface area contributed by atoms with Crippen LogP contribution in [-0.2, 0) is 10.7 Å². The summed E-state index contributed by atoms with van der Waals surface area (Å²) in [5.41, 5.74) is -0.646. The van der Waals surface area contributed by atoms with Crippen LogP contribution in [0.3, 0.4) is 0 Å². The maximum Gasteiger partial charge on any atom is 0.344 e.